The molecule has 3 unspecified atom stereocenters. The van der Waals surface area contributed by atoms with E-state index in [0.29, 0.717) is 12.3 Å². The number of aliphatic carboxylic acids is 1. The molecule has 7 heteroatoms. The van der Waals surface area contributed by atoms with Crippen LogP contribution in [0, 0.1) is 11.8 Å². The fourth-order valence-corrected chi connectivity index (χ4v) is 5.75. The first kappa shape index (κ1) is 23.4. The molecule has 2 saturated carbocycles. The Bertz CT molecular complexity index is 1070. The van der Waals surface area contributed by atoms with Crippen LogP contribution in [0.2, 0.25) is 0 Å². The number of ether oxygens (including phenoxy) is 1. The SMILES string of the molecule is O=C(O)CC(NC(=O)CC1CCC(NC(=O)OCC2c3ccccc3-c3ccccc32)C1)C1CC1. The molecule has 0 saturated heterocycles. The van der Waals surface area contributed by atoms with E-state index in [4.69, 9.17) is 9.84 Å². The Morgan fingerprint density at radius 3 is 2.23 bits per heavy atom. The first-order chi connectivity index (χ1) is 17.0. The largest absolute Gasteiger partial charge is 0.481 e. The minimum absolute atomic E-state index is 0.0123. The first-order valence-corrected chi connectivity index (χ1v) is 12.6. The van der Waals surface area contributed by atoms with Gasteiger partial charge in [0.05, 0.1) is 6.42 Å². The highest BCUT2D eigenvalue weighted by atomic mass is 16.5. The number of fused-ring (bicyclic) bond motifs is 3. The molecule has 0 radical (unpaired) electrons. The average molecular weight is 477 g/mol. The van der Waals surface area contributed by atoms with Crippen molar-refractivity contribution in [1.29, 1.82) is 0 Å². The minimum Gasteiger partial charge on any atom is -0.481 e. The van der Waals surface area contributed by atoms with E-state index in [1.165, 1.54) is 22.3 Å². The Balaban J connectivity index is 1.09. The standard InChI is InChI=1S/C28H32N2O5/c31-26(30-25(15-27(32)33)18-10-11-18)14-17-9-12-19(13-17)29-28(34)35-16-24-22-7-3-1-5-20(22)21-6-2-4-8-23(21)24/h1-8,17-19,24-25H,9-16H2,(H,29,34)(H,30,31)(H,32,33). The first-order valence-electron chi connectivity index (χ1n) is 12.6. The lowest BCUT2D eigenvalue weighted by Gasteiger charge is -2.18. The highest BCUT2D eigenvalue weighted by Gasteiger charge is 2.35. The molecule has 3 N–H and O–H groups in total. The maximum Gasteiger partial charge on any atom is 0.407 e. The molecule has 2 aromatic rings. The second kappa shape index (κ2) is 10.1. The summed E-state index contributed by atoms with van der Waals surface area (Å²) in [7, 11) is 0. The van der Waals surface area contributed by atoms with E-state index in [-0.39, 0.29) is 42.9 Å². The number of hydrogen-bond donors (Lipinski definition) is 3. The zero-order valence-corrected chi connectivity index (χ0v) is 19.7. The van der Waals surface area contributed by atoms with E-state index in [1.807, 2.05) is 24.3 Å². The quantitative estimate of drug-likeness (QED) is 0.496. The van der Waals surface area contributed by atoms with Crippen molar-refractivity contribution in [2.24, 2.45) is 11.8 Å². The molecule has 0 spiro atoms. The molecule has 0 bridgehead atoms. The minimum atomic E-state index is -0.879. The van der Waals surface area contributed by atoms with Crippen molar-refractivity contribution in [2.45, 2.75) is 62.9 Å². The number of carbonyl (C=O) groups excluding carboxylic acids is 2. The van der Waals surface area contributed by atoms with Crippen molar-refractivity contribution >= 4 is 18.0 Å². The van der Waals surface area contributed by atoms with Crippen LogP contribution < -0.4 is 10.6 Å². The Kier molecular flexibility index (Phi) is 6.75. The number of nitrogens with one attached hydrogen (secondary N) is 2. The summed E-state index contributed by atoms with van der Waals surface area (Å²) in [6, 6.07) is 16.2. The molecule has 3 atom stereocenters. The van der Waals surface area contributed by atoms with Crippen molar-refractivity contribution in [3.63, 3.8) is 0 Å². The van der Waals surface area contributed by atoms with E-state index in [1.54, 1.807) is 0 Å². The molecule has 2 fully saturated rings. The van der Waals surface area contributed by atoms with Gasteiger partial charge in [0.15, 0.2) is 0 Å². The van der Waals surface area contributed by atoms with Gasteiger partial charge in [-0.1, -0.05) is 48.5 Å². The molecule has 0 aliphatic heterocycles. The molecular formula is C28H32N2O5. The maximum absolute atomic E-state index is 12.6. The van der Waals surface area contributed by atoms with Crippen molar-refractivity contribution in [1.82, 2.24) is 10.6 Å². The zero-order chi connectivity index (χ0) is 24.4. The fourth-order valence-electron chi connectivity index (χ4n) is 5.75. The smallest absolute Gasteiger partial charge is 0.407 e. The van der Waals surface area contributed by atoms with Crippen LogP contribution in [0.1, 0.15) is 62.0 Å². The lowest BCUT2D eigenvalue weighted by Crippen LogP contribution is -2.39. The fraction of sp³-hybridized carbons (Fsp3) is 0.464. The number of rotatable bonds is 9. The third-order valence-corrected chi connectivity index (χ3v) is 7.61. The van der Waals surface area contributed by atoms with Crippen molar-refractivity contribution in [3.05, 3.63) is 59.7 Å². The molecule has 35 heavy (non-hydrogen) atoms. The monoisotopic (exact) mass is 476 g/mol. The number of benzene rings is 2. The Labute approximate surface area is 205 Å². The molecule has 3 aliphatic rings. The summed E-state index contributed by atoms with van der Waals surface area (Å²) in [6.07, 6.45) is 4.28. The molecule has 0 aromatic heterocycles. The second-order valence-corrected chi connectivity index (χ2v) is 10.2. The molecule has 2 aromatic carbocycles. The third kappa shape index (κ3) is 5.50. The van der Waals surface area contributed by atoms with Gasteiger partial charge in [-0.3, -0.25) is 9.59 Å². The molecule has 184 valence electrons. The van der Waals surface area contributed by atoms with Crippen LogP contribution in [0.5, 0.6) is 0 Å². The highest BCUT2D eigenvalue weighted by molar-refractivity contribution is 5.79. The molecule has 2 amide bonds. The van der Waals surface area contributed by atoms with E-state index in [0.717, 1.165) is 32.1 Å². The van der Waals surface area contributed by atoms with Crippen LogP contribution in [0.4, 0.5) is 4.79 Å². The number of hydrogen-bond acceptors (Lipinski definition) is 4. The van der Waals surface area contributed by atoms with E-state index in [2.05, 4.69) is 34.9 Å². The van der Waals surface area contributed by atoms with E-state index in [9.17, 15) is 14.4 Å². The van der Waals surface area contributed by atoms with Crippen LogP contribution in [0.3, 0.4) is 0 Å². The average Bonchev–Trinajstić information content (AvgIpc) is 3.52. The van der Waals surface area contributed by atoms with Crippen molar-refractivity contribution in [3.8, 4) is 11.1 Å². The number of carboxylic acids is 1. The lowest BCUT2D eigenvalue weighted by molar-refractivity contribution is -0.137. The van der Waals surface area contributed by atoms with Gasteiger partial charge in [0.25, 0.3) is 0 Å². The molecular weight excluding hydrogens is 444 g/mol. The predicted octanol–water partition coefficient (Wildman–Crippen LogP) is 4.45. The Hall–Kier alpha value is -3.35. The van der Waals surface area contributed by atoms with Gasteiger partial charge in [0.1, 0.15) is 6.61 Å². The summed E-state index contributed by atoms with van der Waals surface area (Å²) in [5.74, 6) is -0.469. The summed E-state index contributed by atoms with van der Waals surface area (Å²) >= 11 is 0. The molecule has 7 nitrogen and oxygen atoms in total. The van der Waals surface area contributed by atoms with Crippen molar-refractivity contribution in [2.75, 3.05) is 6.61 Å². The number of carbonyl (C=O) groups is 3. The van der Waals surface area contributed by atoms with Gasteiger partial charge in [-0.2, -0.15) is 0 Å². The van der Waals surface area contributed by atoms with Gasteiger partial charge in [0.2, 0.25) is 5.91 Å². The lowest BCUT2D eigenvalue weighted by atomic mass is 9.98. The summed E-state index contributed by atoms with van der Waals surface area (Å²) < 4.78 is 5.66. The Morgan fingerprint density at radius 2 is 1.60 bits per heavy atom. The second-order valence-electron chi connectivity index (χ2n) is 10.2. The summed E-state index contributed by atoms with van der Waals surface area (Å²) in [5.41, 5.74) is 4.75. The summed E-state index contributed by atoms with van der Waals surface area (Å²) in [5, 5.41) is 15.0. The zero-order valence-electron chi connectivity index (χ0n) is 19.7. The van der Waals surface area contributed by atoms with Gasteiger partial charge in [-0.25, -0.2) is 4.79 Å². The number of carboxylic acid groups (broad SMARTS) is 1. The highest BCUT2D eigenvalue weighted by Crippen LogP contribution is 2.44. The van der Waals surface area contributed by atoms with Gasteiger partial charge < -0.3 is 20.5 Å². The normalized spacial score (nSPS) is 21.6. The van der Waals surface area contributed by atoms with Gasteiger partial charge in [0, 0.05) is 24.4 Å². The van der Waals surface area contributed by atoms with E-state index < -0.39 is 12.1 Å². The summed E-state index contributed by atoms with van der Waals surface area (Å²) in [4.78, 5) is 36.1. The Morgan fingerprint density at radius 1 is 0.943 bits per heavy atom. The number of amides is 2. The van der Waals surface area contributed by atoms with Gasteiger partial charge in [-0.15, -0.1) is 0 Å². The molecule has 3 aliphatic carbocycles. The van der Waals surface area contributed by atoms with Crippen LogP contribution in [0.15, 0.2) is 48.5 Å². The van der Waals surface area contributed by atoms with Crippen LogP contribution in [0.25, 0.3) is 11.1 Å². The third-order valence-electron chi connectivity index (χ3n) is 7.61. The topological polar surface area (TPSA) is 105 Å². The number of alkyl carbamates (subject to hydrolysis) is 1. The predicted molar refractivity (Wildman–Crippen MR) is 131 cm³/mol. The van der Waals surface area contributed by atoms with Gasteiger partial charge in [-0.05, 0) is 66.2 Å². The van der Waals surface area contributed by atoms with Crippen LogP contribution in [-0.2, 0) is 14.3 Å². The maximum atomic E-state index is 12.6. The van der Waals surface area contributed by atoms with Crippen LogP contribution in [-0.4, -0.2) is 41.8 Å². The van der Waals surface area contributed by atoms with Crippen molar-refractivity contribution < 1.29 is 24.2 Å². The van der Waals surface area contributed by atoms with E-state index >= 15 is 0 Å². The summed E-state index contributed by atoms with van der Waals surface area (Å²) in [6.45, 7) is 0.282. The van der Waals surface area contributed by atoms with Gasteiger partial charge >= 0.3 is 12.1 Å². The van der Waals surface area contributed by atoms with Crippen LogP contribution >= 0.6 is 0 Å². The molecule has 5 rings (SSSR count). The molecule has 0 heterocycles.